The molecule has 1 aromatic rings. The van der Waals surface area contributed by atoms with Crippen LogP contribution in [0.3, 0.4) is 0 Å². The zero-order valence-corrected chi connectivity index (χ0v) is 22.7. The largest absolute Gasteiger partial charge is 0.544 e. The molecule has 2 fully saturated rings. The summed E-state index contributed by atoms with van der Waals surface area (Å²) in [5, 5.41) is 4.50. The van der Waals surface area contributed by atoms with Gasteiger partial charge in [-0.05, 0) is 106 Å². The molecule has 3 aliphatic rings. The number of oxime groups is 1. The highest BCUT2D eigenvalue weighted by Crippen LogP contribution is 2.61. The summed E-state index contributed by atoms with van der Waals surface area (Å²) >= 11 is 0. The van der Waals surface area contributed by atoms with E-state index in [-0.39, 0.29) is 11.5 Å². The number of aryl methyl sites for hydroxylation is 1. The molecule has 1 aromatic carbocycles. The highest BCUT2D eigenvalue weighted by molar-refractivity contribution is 6.70. The molecule has 31 heavy (non-hydrogen) atoms. The fraction of sp³-hybridized carbons (Fsp3) is 0.720. The van der Waals surface area contributed by atoms with Crippen LogP contribution in [0.4, 0.5) is 0 Å². The Balaban J connectivity index is 1.73. The van der Waals surface area contributed by atoms with Crippen LogP contribution in [0.15, 0.2) is 23.4 Å². The molecule has 0 heterocycles. The molecule has 2 saturated carbocycles. The lowest BCUT2D eigenvalue weighted by Crippen LogP contribution is -2.52. The van der Waals surface area contributed by atoms with Crippen LogP contribution in [-0.2, 0) is 15.7 Å². The van der Waals surface area contributed by atoms with Crippen LogP contribution < -0.4 is 4.43 Å². The zero-order valence-electron chi connectivity index (χ0n) is 20.7. The van der Waals surface area contributed by atoms with Crippen molar-refractivity contribution in [2.45, 2.75) is 90.3 Å². The van der Waals surface area contributed by atoms with Gasteiger partial charge in [0.25, 0.3) is 0 Å². The Bertz CT molecular complexity index is 857. The van der Waals surface area contributed by atoms with Gasteiger partial charge in [-0.15, -0.1) is 0 Å². The Morgan fingerprint density at radius 2 is 1.74 bits per heavy atom. The van der Waals surface area contributed by atoms with Crippen molar-refractivity contribution in [1.82, 2.24) is 0 Å². The third-order valence-electron chi connectivity index (χ3n) is 7.52. The summed E-state index contributed by atoms with van der Waals surface area (Å²) in [5.41, 5.74) is 4.35. The minimum Gasteiger partial charge on any atom is -0.544 e. The molecule has 0 radical (unpaired) electrons. The highest BCUT2D eigenvalue weighted by atomic mass is 28.4. The molecule has 0 bridgehead atoms. The normalized spacial score (nSPS) is 34.1. The maximum absolute atomic E-state index is 6.93. The smallest absolute Gasteiger partial charge is 0.242 e. The van der Waals surface area contributed by atoms with E-state index in [2.05, 4.69) is 69.6 Å². The molecule has 0 saturated heterocycles. The van der Waals surface area contributed by atoms with Crippen LogP contribution in [0.5, 0.6) is 5.75 Å². The van der Waals surface area contributed by atoms with Crippen molar-refractivity contribution in [1.29, 1.82) is 0 Å². The molecule has 172 valence electrons. The third-order valence-corrected chi connectivity index (χ3v) is 9.38. The first-order valence-corrected chi connectivity index (χ1v) is 18.8. The van der Waals surface area contributed by atoms with Crippen LogP contribution in [-0.4, -0.2) is 35.6 Å². The Morgan fingerprint density at radius 1 is 1.00 bits per heavy atom. The van der Waals surface area contributed by atoms with Gasteiger partial charge in [0.15, 0.2) is 8.32 Å². The third kappa shape index (κ3) is 4.53. The number of benzene rings is 1. The predicted octanol–water partition coefficient (Wildman–Crippen LogP) is 6.59. The lowest BCUT2D eigenvalue weighted by molar-refractivity contribution is -0.00645. The van der Waals surface area contributed by atoms with Gasteiger partial charge in [0.05, 0.1) is 11.8 Å². The molecule has 3 aliphatic carbocycles. The number of rotatable bonds is 5. The van der Waals surface area contributed by atoms with E-state index in [1.165, 1.54) is 29.7 Å². The number of hydrogen-bond donors (Lipinski definition) is 0. The maximum Gasteiger partial charge on any atom is 0.242 e. The van der Waals surface area contributed by atoms with Crippen LogP contribution in [0.25, 0.3) is 0 Å². The van der Waals surface area contributed by atoms with Crippen molar-refractivity contribution >= 4 is 22.3 Å². The van der Waals surface area contributed by atoms with Crippen LogP contribution in [0.2, 0.25) is 39.3 Å². The van der Waals surface area contributed by atoms with E-state index in [0.29, 0.717) is 17.8 Å². The summed E-state index contributed by atoms with van der Waals surface area (Å²) < 4.78 is 13.3. The molecule has 0 amide bonds. The number of nitrogens with zero attached hydrogens (tertiary/aromatic N) is 1. The van der Waals surface area contributed by atoms with Crippen LogP contribution in [0.1, 0.15) is 49.7 Å². The first kappa shape index (κ1) is 23.1. The second-order valence-corrected chi connectivity index (χ2v) is 20.9. The number of fused-ring (bicyclic) bond motifs is 5. The minimum atomic E-state index is -1.69. The van der Waals surface area contributed by atoms with Gasteiger partial charge >= 0.3 is 0 Å². The molecule has 6 heteroatoms. The van der Waals surface area contributed by atoms with Crippen LogP contribution >= 0.6 is 0 Å². The van der Waals surface area contributed by atoms with Gasteiger partial charge in [-0.1, -0.05) is 18.1 Å². The molecule has 4 rings (SSSR count). The first-order valence-electron chi connectivity index (χ1n) is 12.0. The van der Waals surface area contributed by atoms with Crippen molar-refractivity contribution in [3.63, 3.8) is 0 Å². The topological polar surface area (TPSA) is 40.0 Å². The quantitative estimate of drug-likeness (QED) is 0.368. The summed E-state index contributed by atoms with van der Waals surface area (Å²) in [6.07, 6.45) is 5.97. The van der Waals surface area contributed by atoms with Gasteiger partial charge in [-0.25, -0.2) is 0 Å². The summed E-state index contributed by atoms with van der Waals surface area (Å²) in [6.45, 7) is 16.2. The van der Waals surface area contributed by atoms with Gasteiger partial charge in [-0.3, -0.25) is 0 Å². The molecular weight excluding hydrogens is 418 g/mol. The summed E-state index contributed by atoms with van der Waals surface area (Å²) in [7, 11) is -1.62. The molecule has 0 N–H and O–H groups in total. The van der Waals surface area contributed by atoms with Crippen molar-refractivity contribution in [3.8, 4) is 5.75 Å². The van der Waals surface area contributed by atoms with Gasteiger partial charge in [-0.2, -0.15) is 0 Å². The van der Waals surface area contributed by atoms with E-state index in [1.54, 1.807) is 7.11 Å². The molecule has 5 atom stereocenters. The number of hydrogen-bond acceptors (Lipinski definition) is 4. The molecule has 0 spiro atoms. The summed E-state index contributed by atoms with van der Waals surface area (Å²) in [6, 6.07) is 6.91. The monoisotopic (exact) mass is 459 g/mol. The van der Waals surface area contributed by atoms with Gasteiger partial charge in [0.2, 0.25) is 8.32 Å². The average molecular weight is 460 g/mol. The first-order chi connectivity index (χ1) is 14.4. The van der Waals surface area contributed by atoms with Crippen molar-refractivity contribution in [2.24, 2.45) is 22.4 Å². The van der Waals surface area contributed by atoms with Gasteiger partial charge in [0, 0.05) is 11.3 Å². The lowest BCUT2D eigenvalue weighted by Gasteiger charge is -2.53. The van der Waals surface area contributed by atoms with Gasteiger partial charge in [0.1, 0.15) is 12.9 Å². The fourth-order valence-corrected chi connectivity index (χ4v) is 8.61. The zero-order chi connectivity index (χ0) is 22.6. The molecule has 5 unspecified atom stereocenters. The Labute approximate surface area is 191 Å². The molecule has 4 nitrogen and oxygen atoms in total. The second-order valence-electron chi connectivity index (χ2n) is 12.1. The SMILES string of the molecule is CON=C1CCC2C3CCc4cc(O[Si](C)(C)C)ccc4C3C(O[Si](C)(C)C)CC12C. The van der Waals surface area contributed by atoms with E-state index < -0.39 is 16.6 Å². The second kappa shape index (κ2) is 8.03. The van der Waals surface area contributed by atoms with E-state index in [1.807, 2.05) is 0 Å². The predicted molar refractivity (Wildman–Crippen MR) is 133 cm³/mol. The maximum atomic E-state index is 6.93. The summed E-state index contributed by atoms with van der Waals surface area (Å²) in [4.78, 5) is 5.27. The highest BCUT2D eigenvalue weighted by Gasteiger charge is 2.58. The van der Waals surface area contributed by atoms with E-state index in [0.717, 1.165) is 25.0 Å². The van der Waals surface area contributed by atoms with Gasteiger partial charge < -0.3 is 13.7 Å². The minimum absolute atomic E-state index is 0.0971. The fourth-order valence-electron chi connectivity index (χ4n) is 6.64. The standard InChI is InChI=1S/C25H41NO3Si2/c1-25-16-22(29-31(6,7)8)24-19-12-10-18(28-30(3,4)5)15-17(19)9-11-20(24)21(25)13-14-23(25)26-27-2/h10,12,15,20-22,24H,9,11,13-14,16H2,1-8H3. The van der Waals surface area contributed by atoms with Crippen molar-refractivity contribution in [2.75, 3.05) is 7.11 Å². The van der Waals surface area contributed by atoms with Crippen LogP contribution in [0, 0.1) is 17.3 Å². The van der Waals surface area contributed by atoms with E-state index >= 15 is 0 Å². The Kier molecular flexibility index (Phi) is 5.97. The van der Waals surface area contributed by atoms with E-state index in [4.69, 9.17) is 13.7 Å². The van der Waals surface area contributed by atoms with E-state index in [9.17, 15) is 0 Å². The molecule has 0 aliphatic heterocycles. The van der Waals surface area contributed by atoms with Crippen molar-refractivity contribution in [3.05, 3.63) is 29.3 Å². The Morgan fingerprint density at radius 3 is 2.39 bits per heavy atom. The Hall–Kier alpha value is -1.12. The molecular formula is C25H41NO3Si2. The average Bonchev–Trinajstić information content (AvgIpc) is 2.95. The lowest BCUT2D eigenvalue weighted by atomic mass is 9.54. The van der Waals surface area contributed by atoms with Crippen molar-refractivity contribution < 1.29 is 13.7 Å². The molecule has 0 aromatic heterocycles. The summed E-state index contributed by atoms with van der Waals surface area (Å²) in [5.74, 6) is 2.85.